The van der Waals surface area contributed by atoms with Crippen LogP contribution in [0.5, 0.6) is 0 Å². The quantitative estimate of drug-likeness (QED) is 0.806. The Morgan fingerprint density at radius 3 is 2.47 bits per heavy atom. The average Bonchev–Trinajstić information content (AvgIpc) is 2.76. The van der Waals surface area contributed by atoms with Crippen LogP contribution in [-0.2, 0) is 10.0 Å². The van der Waals surface area contributed by atoms with Gasteiger partial charge in [0.15, 0.2) is 0 Å². The molecular formula is C10H17N3O3S. The van der Waals surface area contributed by atoms with Gasteiger partial charge in [-0.3, -0.25) is 0 Å². The molecule has 0 atom stereocenters. The summed E-state index contributed by atoms with van der Waals surface area (Å²) in [5.41, 5.74) is 0. The molecule has 96 valence electrons. The Bertz CT molecular complexity index is 475. The van der Waals surface area contributed by atoms with E-state index < -0.39 is 10.0 Å². The highest BCUT2D eigenvalue weighted by molar-refractivity contribution is 7.89. The Labute approximate surface area is 101 Å². The number of aryl methyl sites for hydroxylation is 1. The van der Waals surface area contributed by atoms with Gasteiger partial charge in [0, 0.05) is 25.9 Å². The molecule has 1 aromatic rings. The highest BCUT2D eigenvalue weighted by Crippen LogP contribution is 2.28. The molecule has 0 N–H and O–H groups in total. The normalized spacial score (nSPS) is 19.6. The molecule has 1 aliphatic rings. The lowest BCUT2D eigenvalue weighted by atomic mass is 9.98. The second kappa shape index (κ2) is 4.73. The van der Waals surface area contributed by atoms with Crippen molar-refractivity contribution >= 4 is 10.0 Å². The first kappa shape index (κ1) is 12.5. The summed E-state index contributed by atoms with van der Waals surface area (Å²) in [5.74, 6) is 1.55. The minimum absolute atomic E-state index is 0.164. The SMILES string of the molecule is CCS(=O)(=O)N1CCC(c2nnc(C)o2)CC1. The van der Waals surface area contributed by atoms with Crippen LogP contribution in [0, 0.1) is 6.92 Å². The molecule has 0 spiro atoms. The molecule has 1 fully saturated rings. The van der Waals surface area contributed by atoms with Crippen molar-refractivity contribution in [2.24, 2.45) is 0 Å². The number of rotatable bonds is 3. The smallest absolute Gasteiger partial charge is 0.219 e. The Balaban J connectivity index is 1.99. The molecule has 0 saturated carbocycles. The fourth-order valence-corrected chi connectivity index (χ4v) is 3.17. The van der Waals surface area contributed by atoms with Crippen molar-refractivity contribution in [2.75, 3.05) is 18.8 Å². The van der Waals surface area contributed by atoms with Gasteiger partial charge < -0.3 is 4.42 Å². The van der Waals surface area contributed by atoms with Gasteiger partial charge in [-0.15, -0.1) is 10.2 Å². The molecule has 1 saturated heterocycles. The summed E-state index contributed by atoms with van der Waals surface area (Å²) in [7, 11) is -3.05. The summed E-state index contributed by atoms with van der Waals surface area (Å²) in [6, 6.07) is 0. The fraction of sp³-hybridized carbons (Fsp3) is 0.800. The Kier molecular flexibility index (Phi) is 3.48. The molecule has 2 heterocycles. The largest absolute Gasteiger partial charge is 0.425 e. The first-order valence-electron chi connectivity index (χ1n) is 5.80. The van der Waals surface area contributed by atoms with Gasteiger partial charge in [0.2, 0.25) is 21.8 Å². The van der Waals surface area contributed by atoms with E-state index in [0.29, 0.717) is 24.9 Å². The number of sulfonamides is 1. The van der Waals surface area contributed by atoms with Gasteiger partial charge in [-0.05, 0) is 19.8 Å². The molecule has 0 aromatic carbocycles. The maximum atomic E-state index is 11.7. The van der Waals surface area contributed by atoms with Crippen LogP contribution in [0.2, 0.25) is 0 Å². The molecule has 0 bridgehead atoms. The van der Waals surface area contributed by atoms with Crippen LogP contribution in [0.15, 0.2) is 4.42 Å². The van der Waals surface area contributed by atoms with Crippen LogP contribution in [0.4, 0.5) is 0 Å². The van der Waals surface area contributed by atoms with E-state index in [4.69, 9.17) is 4.42 Å². The van der Waals surface area contributed by atoms with Crippen molar-refractivity contribution in [1.82, 2.24) is 14.5 Å². The topological polar surface area (TPSA) is 76.3 Å². The fourth-order valence-electron chi connectivity index (χ4n) is 2.04. The van der Waals surface area contributed by atoms with E-state index in [-0.39, 0.29) is 11.7 Å². The van der Waals surface area contributed by atoms with Crippen molar-refractivity contribution in [2.45, 2.75) is 32.6 Å². The van der Waals surface area contributed by atoms with Gasteiger partial charge in [0.25, 0.3) is 0 Å². The first-order chi connectivity index (χ1) is 8.03. The summed E-state index contributed by atoms with van der Waals surface area (Å²) in [4.78, 5) is 0. The summed E-state index contributed by atoms with van der Waals surface area (Å²) in [5, 5.41) is 7.79. The molecular weight excluding hydrogens is 242 g/mol. The zero-order valence-corrected chi connectivity index (χ0v) is 10.9. The highest BCUT2D eigenvalue weighted by atomic mass is 32.2. The predicted octanol–water partition coefficient (Wildman–Crippen LogP) is 0.907. The Morgan fingerprint density at radius 2 is 2.00 bits per heavy atom. The second-order valence-corrected chi connectivity index (χ2v) is 6.49. The van der Waals surface area contributed by atoms with Gasteiger partial charge in [0.1, 0.15) is 0 Å². The van der Waals surface area contributed by atoms with Crippen LogP contribution in [-0.4, -0.2) is 41.8 Å². The van der Waals surface area contributed by atoms with E-state index >= 15 is 0 Å². The molecule has 7 heteroatoms. The van der Waals surface area contributed by atoms with Crippen molar-refractivity contribution in [1.29, 1.82) is 0 Å². The monoisotopic (exact) mass is 259 g/mol. The minimum Gasteiger partial charge on any atom is -0.425 e. The molecule has 6 nitrogen and oxygen atoms in total. The predicted molar refractivity (Wildman–Crippen MR) is 62.0 cm³/mol. The summed E-state index contributed by atoms with van der Waals surface area (Å²) >= 11 is 0. The van der Waals surface area contributed by atoms with E-state index in [1.54, 1.807) is 18.2 Å². The Morgan fingerprint density at radius 1 is 1.35 bits per heavy atom. The maximum absolute atomic E-state index is 11.7. The zero-order chi connectivity index (χ0) is 12.5. The number of hydrogen-bond donors (Lipinski definition) is 0. The first-order valence-corrected chi connectivity index (χ1v) is 7.41. The zero-order valence-electron chi connectivity index (χ0n) is 10.1. The van der Waals surface area contributed by atoms with Crippen molar-refractivity contribution < 1.29 is 12.8 Å². The minimum atomic E-state index is -3.05. The molecule has 0 amide bonds. The summed E-state index contributed by atoms with van der Waals surface area (Å²) in [6.45, 7) is 4.51. The third kappa shape index (κ3) is 2.66. The van der Waals surface area contributed by atoms with E-state index in [0.717, 1.165) is 12.8 Å². The van der Waals surface area contributed by atoms with Crippen molar-refractivity contribution in [3.63, 3.8) is 0 Å². The van der Waals surface area contributed by atoms with Crippen LogP contribution in [0.3, 0.4) is 0 Å². The Hall–Kier alpha value is -0.950. The molecule has 1 aliphatic heterocycles. The molecule has 2 rings (SSSR count). The molecule has 0 unspecified atom stereocenters. The van der Waals surface area contributed by atoms with Crippen molar-refractivity contribution in [3.8, 4) is 0 Å². The molecule has 0 aliphatic carbocycles. The lowest BCUT2D eigenvalue weighted by Crippen LogP contribution is -2.38. The van der Waals surface area contributed by atoms with Gasteiger partial charge in [-0.1, -0.05) is 0 Å². The average molecular weight is 259 g/mol. The summed E-state index contributed by atoms with van der Waals surface area (Å²) < 4.78 is 30.3. The lowest BCUT2D eigenvalue weighted by Gasteiger charge is -2.29. The van der Waals surface area contributed by atoms with Crippen molar-refractivity contribution in [3.05, 3.63) is 11.8 Å². The van der Waals surface area contributed by atoms with Gasteiger partial charge in [-0.25, -0.2) is 12.7 Å². The van der Waals surface area contributed by atoms with Crippen LogP contribution in [0.1, 0.15) is 37.5 Å². The van der Waals surface area contributed by atoms with Crippen LogP contribution < -0.4 is 0 Å². The standard InChI is InChI=1S/C10H17N3O3S/c1-3-17(14,15)13-6-4-9(5-7-13)10-12-11-8(2)16-10/h9H,3-7H2,1-2H3. The molecule has 1 aromatic heterocycles. The van der Waals surface area contributed by atoms with E-state index in [2.05, 4.69) is 10.2 Å². The molecule has 17 heavy (non-hydrogen) atoms. The van der Waals surface area contributed by atoms with E-state index in [9.17, 15) is 8.42 Å². The van der Waals surface area contributed by atoms with Gasteiger partial charge >= 0.3 is 0 Å². The highest BCUT2D eigenvalue weighted by Gasteiger charge is 2.29. The van der Waals surface area contributed by atoms with E-state index in [1.807, 2.05) is 0 Å². The number of hydrogen-bond acceptors (Lipinski definition) is 5. The third-order valence-electron chi connectivity index (χ3n) is 3.10. The second-order valence-electron chi connectivity index (χ2n) is 4.23. The maximum Gasteiger partial charge on any atom is 0.219 e. The van der Waals surface area contributed by atoms with Crippen LogP contribution >= 0.6 is 0 Å². The number of aromatic nitrogens is 2. The molecule has 0 radical (unpaired) electrons. The third-order valence-corrected chi connectivity index (χ3v) is 4.98. The van der Waals surface area contributed by atoms with E-state index in [1.165, 1.54) is 0 Å². The summed E-state index contributed by atoms with van der Waals surface area (Å²) in [6.07, 6.45) is 1.50. The van der Waals surface area contributed by atoms with Crippen LogP contribution in [0.25, 0.3) is 0 Å². The van der Waals surface area contributed by atoms with Gasteiger partial charge in [0.05, 0.1) is 5.75 Å². The number of nitrogens with zero attached hydrogens (tertiary/aromatic N) is 3. The lowest BCUT2D eigenvalue weighted by molar-refractivity contribution is 0.288. The number of piperidine rings is 1. The van der Waals surface area contributed by atoms with Gasteiger partial charge in [-0.2, -0.15) is 0 Å².